The first-order valence-electron chi connectivity index (χ1n) is 10.3. The lowest BCUT2D eigenvalue weighted by atomic mass is 9.83. The average molecular weight is 427 g/mol. The molecule has 4 rings (SSSR count). The topological polar surface area (TPSA) is 79.7 Å². The summed E-state index contributed by atoms with van der Waals surface area (Å²) >= 11 is 6.06. The van der Waals surface area contributed by atoms with Gasteiger partial charge in [-0.2, -0.15) is 5.10 Å². The molecule has 7 nitrogen and oxygen atoms in total. The van der Waals surface area contributed by atoms with Crippen molar-refractivity contribution < 1.29 is 4.79 Å². The molecule has 2 atom stereocenters. The zero-order valence-electron chi connectivity index (χ0n) is 17.6. The molecule has 3 aromatic rings. The van der Waals surface area contributed by atoms with Crippen molar-refractivity contribution in [1.29, 1.82) is 0 Å². The summed E-state index contributed by atoms with van der Waals surface area (Å²) in [5, 5.41) is 8.08. The molecule has 1 saturated carbocycles. The molecule has 8 heteroatoms. The Morgan fingerprint density at radius 3 is 2.93 bits per heavy atom. The summed E-state index contributed by atoms with van der Waals surface area (Å²) in [6, 6.07) is 7.38. The number of H-pyrrole nitrogens is 1. The van der Waals surface area contributed by atoms with Crippen molar-refractivity contribution in [2.24, 2.45) is 13.0 Å². The molecule has 158 valence electrons. The maximum Gasteiger partial charge on any atom is 0.253 e. The molecule has 0 bridgehead atoms. The van der Waals surface area contributed by atoms with Crippen LogP contribution in [0.4, 0.5) is 0 Å². The normalized spacial score (nSPS) is 19.1. The van der Waals surface area contributed by atoms with E-state index in [1.807, 2.05) is 42.6 Å². The predicted octanol–water partition coefficient (Wildman–Crippen LogP) is 4.04. The minimum atomic E-state index is 0.0248. The van der Waals surface area contributed by atoms with Crippen molar-refractivity contribution >= 4 is 17.5 Å². The summed E-state index contributed by atoms with van der Waals surface area (Å²) in [7, 11) is 3.85. The predicted molar refractivity (Wildman–Crippen MR) is 116 cm³/mol. The van der Waals surface area contributed by atoms with Crippen LogP contribution in [0.25, 0.3) is 11.5 Å². The van der Waals surface area contributed by atoms with Crippen LogP contribution in [0.3, 0.4) is 0 Å². The lowest BCUT2D eigenvalue weighted by Gasteiger charge is -2.35. The van der Waals surface area contributed by atoms with Gasteiger partial charge in [0.2, 0.25) is 0 Å². The molecule has 1 aliphatic rings. The zero-order chi connectivity index (χ0) is 21.3. The molecule has 1 aliphatic carbocycles. The molecule has 1 fully saturated rings. The molecule has 2 aromatic heterocycles. The van der Waals surface area contributed by atoms with Crippen molar-refractivity contribution in [3.8, 4) is 11.5 Å². The van der Waals surface area contributed by atoms with E-state index in [0.29, 0.717) is 22.3 Å². The van der Waals surface area contributed by atoms with Crippen LogP contribution in [0.2, 0.25) is 5.02 Å². The van der Waals surface area contributed by atoms with Crippen molar-refractivity contribution in [2.45, 2.75) is 45.1 Å². The Kier molecular flexibility index (Phi) is 5.90. The van der Waals surface area contributed by atoms with Gasteiger partial charge in [-0.15, -0.1) is 0 Å². The van der Waals surface area contributed by atoms with Gasteiger partial charge < -0.3 is 9.47 Å². The van der Waals surface area contributed by atoms with Gasteiger partial charge in [-0.1, -0.05) is 24.1 Å². The Labute approximate surface area is 181 Å². The van der Waals surface area contributed by atoms with E-state index in [-0.39, 0.29) is 11.9 Å². The highest BCUT2D eigenvalue weighted by Gasteiger charge is 2.29. The highest BCUT2D eigenvalue weighted by Crippen LogP contribution is 2.30. The molecule has 1 aromatic carbocycles. The van der Waals surface area contributed by atoms with Crippen molar-refractivity contribution in [3.63, 3.8) is 0 Å². The molecule has 1 N–H and O–H groups in total. The Balaban J connectivity index is 1.41. The summed E-state index contributed by atoms with van der Waals surface area (Å²) in [4.78, 5) is 23.8. The molecule has 0 radical (unpaired) electrons. The van der Waals surface area contributed by atoms with Crippen LogP contribution in [-0.2, 0) is 13.5 Å². The summed E-state index contributed by atoms with van der Waals surface area (Å²) in [5.41, 5.74) is 2.49. The quantitative estimate of drug-likeness (QED) is 0.667. The van der Waals surface area contributed by atoms with Crippen LogP contribution in [0.5, 0.6) is 0 Å². The fourth-order valence-electron chi connectivity index (χ4n) is 4.42. The van der Waals surface area contributed by atoms with Gasteiger partial charge in [0, 0.05) is 37.1 Å². The number of halogens is 1. The Morgan fingerprint density at radius 1 is 1.37 bits per heavy atom. The van der Waals surface area contributed by atoms with Gasteiger partial charge >= 0.3 is 0 Å². The van der Waals surface area contributed by atoms with E-state index < -0.39 is 0 Å². The number of benzene rings is 1. The van der Waals surface area contributed by atoms with Gasteiger partial charge in [-0.05, 0) is 50.3 Å². The van der Waals surface area contributed by atoms with Crippen molar-refractivity contribution in [2.75, 3.05) is 7.05 Å². The number of rotatable bonds is 5. The largest absolute Gasteiger partial charge is 0.339 e. The summed E-state index contributed by atoms with van der Waals surface area (Å²) in [5.74, 6) is 2.06. The maximum absolute atomic E-state index is 12.9. The van der Waals surface area contributed by atoms with Crippen LogP contribution in [0, 0.1) is 12.8 Å². The average Bonchev–Trinajstić information content (AvgIpc) is 3.32. The number of carbonyl (C=O) groups excluding carboxylic acids is 1. The van der Waals surface area contributed by atoms with Gasteiger partial charge in [0.15, 0.2) is 5.82 Å². The third kappa shape index (κ3) is 4.26. The Bertz CT molecular complexity index is 1020. The van der Waals surface area contributed by atoms with Gasteiger partial charge in [0.05, 0.1) is 12.0 Å². The first-order chi connectivity index (χ1) is 14.4. The van der Waals surface area contributed by atoms with Crippen LogP contribution in [0.1, 0.15) is 47.6 Å². The highest BCUT2D eigenvalue weighted by atomic mass is 35.5. The smallest absolute Gasteiger partial charge is 0.253 e. The van der Waals surface area contributed by atoms with E-state index in [4.69, 9.17) is 16.6 Å². The number of aryl methyl sites for hydroxylation is 2. The molecular formula is C22H27ClN6O. The monoisotopic (exact) mass is 426 g/mol. The minimum absolute atomic E-state index is 0.0248. The first kappa shape index (κ1) is 20.6. The van der Waals surface area contributed by atoms with E-state index in [1.165, 1.54) is 0 Å². The summed E-state index contributed by atoms with van der Waals surface area (Å²) in [6.07, 6.45) is 6.83. The second-order valence-electron chi connectivity index (χ2n) is 8.21. The molecule has 1 amide bonds. The number of nitrogens with zero attached hydrogens (tertiary/aromatic N) is 5. The third-order valence-corrected chi connectivity index (χ3v) is 6.28. The SMILES string of the molecule is Cc1ncn(C)c1-c1n[nH]c(CC2CCC[C@@H](N(C)C(=O)c3cccc(Cl)c3)C2)n1. The third-order valence-electron chi connectivity index (χ3n) is 6.04. The van der Waals surface area contributed by atoms with Crippen molar-refractivity contribution in [1.82, 2.24) is 29.6 Å². The van der Waals surface area contributed by atoms with E-state index >= 15 is 0 Å². The fourth-order valence-corrected chi connectivity index (χ4v) is 4.61. The van der Waals surface area contributed by atoms with E-state index in [2.05, 4.69) is 15.2 Å². The van der Waals surface area contributed by atoms with Gasteiger partial charge in [0.1, 0.15) is 11.5 Å². The molecule has 1 unspecified atom stereocenters. The number of aromatic amines is 1. The van der Waals surface area contributed by atoms with Gasteiger partial charge in [-0.3, -0.25) is 9.89 Å². The number of imidazole rings is 1. The fraction of sp³-hybridized carbons (Fsp3) is 0.455. The van der Waals surface area contributed by atoms with E-state index in [1.54, 1.807) is 18.5 Å². The number of amides is 1. The zero-order valence-corrected chi connectivity index (χ0v) is 18.4. The molecular weight excluding hydrogens is 400 g/mol. The van der Waals surface area contributed by atoms with Crippen LogP contribution in [-0.4, -0.2) is 48.6 Å². The number of carbonyl (C=O) groups is 1. The van der Waals surface area contributed by atoms with Crippen LogP contribution in [0.15, 0.2) is 30.6 Å². The van der Waals surface area contributed by atoms with Crippen LogP contribution >= 0.6 is 11.6 Å². The summed E-state index contributed by atoms with van der Waals surface area (Å²) in [6.45, 7) is 1.96. The first-order valence-corrected chi connectivity index (χ1v) is 10.7. The van der Waals surface area contributed by atoms with Crippen LogP contribution < -0.4 is 0 Å². The number of hydrogen-bond acceptors (Lipinski definition) is 4. The number of hydrogen-bond donors (Lipinski definition) is 1. The Hall–Kier alpha value is -2.67. The van der Waals surface area contributed by atoms with Gasteiger partial charge in [0.25, 0.3) is 5.91 Å². The lowest BCUT2D eigenvalue weighted by molar-refractivity contribution is 0.0665. The van der Waals surface area contributed by atoms with Gasteiger partial charge in [-0.25, -0.2) is 9.97 Å². The molecule has 0 spiro atoms. The molecule has 0 saturated heterocycles. The molecule has 0 aliphatic heterocycles. The van der Waals surface area contributed by atoms with E-state index in [9.17, 15) is 4.79 Å². The Morgan fingerprint density at radius 2 is 2.20 bits per heavy atom. The maximum atomic E-state index is 12.9. The second-order valence-corrected chi connectivity index (χ2v) is 8.65. The van der Waals surface area contributed by atoms with E-state index in [0.717, 1.165) is 49.3 Å². The lowest BCUT2D eigenvalue weighted by Crippen LogP contribution is -2.40. The molecule has 2 heterocycles. The second kappa shape index (κ2) is 8.60. The minimum Gasteiger partial charge on any atom is -0.339 e. The number of nitrogens with one attached hydrogen (secondary N) is 1. The standard InChI is InChI=1S/C22H27ClN6O/c1-14-20(28(2)13-24-14)21-25-19(26-27-21)11-15-6-4-9-18(10-15)29(3)22(30)16-7-5-8-17(23)12-16/h5,7-8,12-13,15,18H,4,6,9-11H2,1-3H3,(H,25,26,27)/t15?,18-/m1/s1. The number of aromatic nitrogens is 5. The summed E-state index contributed by atoms with van der Waals surface area (Å²) < 4.78 is 1.94. The molecule has 30 heavy (non-hydrogen) atoms. The highest BCUT2D eigenvalue weighted by molar-refractivity contribution is 6.30. The van der Waals surface area contributed by atoms with Crippen molar-refractivity contribution in [3.05, 3.63) is 52.7 Å².